The Bertz CT molecular complexity index is 1170. The number of hydrogen-bond acceptors (Lipinski definition) is 6. The van der Waals surface area contributed by atoms with Crippen molar-refractivity contribution in [3.63, 3.8) is 0 Å². The molecule has 0 radical (unpaired) electrons. The third kappa shape index (κ3) is 6.69. The molecule has 2 aromatic carbocycles. The lowest BCUT2D eigenvalue weighted by Crippen LogP contribution is -2.66. The number of ether oxygens (including phenoxy) is 2. The van der Waals surface area contributed by atoms with Gasteiger partial charge in [-0.2, -0.15) is 0 Å². The summed E-state index contributed by atoms with van der Waals surface area (Å²) in [6.07, 6.45) is 2.88. The molecule has 37 heavy (non-hydrogen) atoms. The lowest BCUT2D eigenvalue weighted by molar-refractivity contribution is -0.138. The minimum Gasteiger partial charge on any atom is -0.490 e. The van der Waals surface area contributed by atoms with E-state index in [1.165, 1.54) is 0 Å². The SMILES string of the molecule is NC(=O)CCCC(=O)N1C[C@H]2NC(c3ccc(OCCOc4ccc(Br)cc4)cc3)(CC=C2C(=O)O)C1. The number of carboxylic acids is 1. The number of amides is 2. The molecule has 9 nitrogen and oxygen atoms in total. The summed E-state index contributed by atoms with van der Waals surface area (Å²) < 4.78 is 12.5. The van der Waals surface area contributed by atoms with Crippen LogP contribution in [0.1, 0.15) is 31.2 Å². The van der Waals surface area contributed by atoms with Crippen molar-refractivity contribution in [3.8, 4) is 11.5 Å². The van der Waals surface area contributed by atoms with Gasteiger partial charge in [0.15, 0.2) is 0 Å². The number of piperazine rings is 1. The maximum absolute atomic E-state index is 12.9. The van der Waals surface area contributed by atoms with Crippen LogP contribution in [-0.2, 0) is 19.9 Å². The minimum atomic E-state index is -0.997. The summed E-state index contributed by atoms with van der Waals surface area (Å²) in [5.74, 6) is -0.111. The van der Waals surface area contributed by atoms with E-state index in [1.807, 2.05) is 48.5 Å². The van der Waals surface area contributed by atoms with Gasteiger partial charge >= 0.3 is 5.97 Å². The number of benzene rings is 2. The highest BCUT2D eigenvalue weighted by Gasteiger charge is 2.46. The summed E-state index contributed by atoms with van der Waals surface area (Å²) in [6.45, 7) is 1.42. The van der Waals surface area contributed by atoms with E-state index >= 15 is 0 Å². The van der Waals surface area contributed by atoms with E-state index in [4.69, 9.17) is 15.2 Å². The molecule has 1 saturated heterocycles. The largest absolute Gasteiger partial charge is 0.490 e. The summed E-state index contributed by atoms with van der Waals surface area (Å²) in [5, 5.41) is 13.1. The van der Waals surface area contributed by atoms with Gasteiger partial charge < -0.3 is 25.2 Å². The number of carboxylic acid groups (broad SMARTS) is 1. The predicted octanol–water partition coefficient (Wildman–Crippen LogP) is 2.97. The summed E-state index contributed by atoms with van der Waals surface area (Å²) in [5.41, 5.74) is 5.77. The van der Waals surface area contributed by atoms with E-state index in [1.54, 1.807) is 11.0 Å². The monoisotopic (exact) mass is 571 g/mol. The quantitative estimate of drug-likeness (QED) is 0.353. The van der Waals surface area contributed by atoms with Crippen molar-refractivity contribution < 1.29 is 29.0 Å². The van der Waals surface area contributed by atoms with Gasteiger partial charge in [0.05, 0.1) is 17.2 Å². The van der Waals surface area contributed by atoms with Crippen LogP contribution in [0.2, 0.25) is 0 Å². The summed E-state index contributed by atoms with van der Waals surface area (Å²) in [6, 6.07) is 14.7. The van der Waals surface area contributed by atoms with Crippen LogP contribution < -0.4 is 20.5 Å². The summed E-state index contributed by atoms with van der Waals surface area (Å²) in [4.78, 5) is 37.5. The average Bonchev–Trinajstić information content (AvgIpc) is 2.87. The second kappa shape index (κ2) is 11.8. The Labute approximate surface area is 223 Å². The molecule has 196 valence electrons. The van der Waals surface area contributed by atoms with Gasteiger partial charge in [-0.25, -0.2) is 4.79 Å². The highest BCUT2D eigenvalue weighted by atomic mass is 79.9. The van der Waals surface area contributed by atoms with Gasteiger partial charge in [0.2, 0.25) is 11.8 Å². The highest BCUT2D eigenvalue weighted by molar-refractivity contribution is 9.10. The third-order valence-electron chi connectivity index (χ3n) is 6.61. The van der Waals surface area contributed by atoms with E-state index in [2.05, 4.69) is 21.2 Å². The molecule has 2 aliphatic rings. The van der Waals surface area contributed by atoms with Crippen molar-refractivity contribution in [1.29, 1.82) is 0 Å². The number of carbonyl (C=O) groups excluding carboxylic acids is 2. The van der Waals surface area contributed by atoms with Crippen LogP contribution in [0, 0.1) is 0 Å². The Balaban J connectivity index is 1.41. The molecular weight excluding hydrogens is 542 g/mol. The van der Waals surface area contributed by atoms with Crippen molar-refractivity contribution in [2.75, 3.05) is 26.3 Å². The number of carbonyl (C=O) groups is 3. The molecule has 2 bridgehead atoms. The number of nitrogens with two attached hydrogens (primary N) is 1. The number of primary amides is 1. The number of nitrogens with one attached hydrogen (secondary N) is 1. The lowest BCUT2D eigenvalue weighted by Gasteiger charge is -2.50. The number of hydrogen-bond donors (Lipinski definition) is 3. The zero-order valence-electron chi connectivity index (χ0n) is 20.3. The maximum atomic E-state index is 12.9. The van der Waals surface area contributed by atoms with Crippen molar-refractivity contribution in [2.45, 2.75) is 37.3 Å². The van der Waals surface area contributed by atoms with Crippen LogP contribution in [0.3, 0.4) is 0 Å². The Morgan fingerprint density at radius 1 is 1.03 bits per heavy atom. The van der Waals surface area contributed by atoms with E-state index in [0.29, 0.717) is 38.3 Å². The molecule has 2 amide bonds. The smallest absolute Gasteiger partial charge is 0.332 e. The first-order chi connectivity index (χ1) is 17.8. The lowest BCUT2D eigenvalue weighted by atomic mass is 9.78. The zero-order chi connectivity index (χ0) is 26.4. The van der Waals surface area contributed by atoms with Crippen LogP contribution in [0.5, 0.6) is 11.5 Å². The fourth-order valence-corrected chi connectivity index (χ4v) is 5.04. The van der Waals surface area contributed by atoms with Gasteiger partial charge in [-0.05, 0) is 54.8 Å². The topological polar surface area (TPSA) is 131 Å². The molecule has 2 aliphatic heterocycles. The third-order valence-corrected chi connectivity index (χ3v) is 7.14. The average molecular weight is 572 g/mol. The fraction of sp³-hybridized carbons (Fsp3) is 0.370. The van der Waals surface area contributed by atoms with Crippen LogP contribution in [0.25, 0.3) is 0 Å². The molecule has 2 atom stereocenters. The number of fused-ring (bicyclic) bond motifs is 2. The molecule has 2 aromatic rings. The van der Waals surface area contributed by atoms with Crippen LogP contribution in [-0.4, -0.2) is 60.1 Å². The highest BCUT2D eigenvalue weighted by Crippen LogP contribution is 2.37. The van der Waals surface area contributed by atoms with Crippen LogP contribution in [0.4, 0.5) is 0 Å². The molecular formula is C27H30BrN3O6. The maximum Gasteiger partial charge on any atom is 0.332 e. The molecule has 0 aliphatic carbocycles. The van der Waals surface area contributed by atoms with Gasteiger partial charge in [-0.3, -0.25) is 14.9 Å². The van der Waals surface area contributed by atoms with Crippen molar-refractivity contribution in [2.24, 2.45) is 5.73 Å². The molecule has 0 spiro atoms. The van der Waals surface area contributed by atoms with Gasteiger partial charge in [-0.1, -0.05) is 34.1 Å². The van der Waals surface area contributed by atoms with Crippen LogP contribution in [0.15, 0.2) is 64.7 Å². The number of aliphatic carboxylic acids is 1. The molecule has 0 aromatic heterocycles. The van der Waals surface area contributed by atoms with Crippen molar-refractivity contribution >= 4 is 33.7 Å². The molecule has 1 fully saturated rings. The standard InChI is InChI=1S/C27H30BrN3O6/c28-19-6-10-21(11-7-19)37-15-14-36-20-8-4-18(5-9-20)27-13-12-22(26(34)35)23(30-27)16-31(17-27)25(33)3-1-2-24(29)32/h4-12,23,30H,1-3,13-17H2,(H2,29,32)(H,34,35)/t23-,27?/m1/s1. The molecule has 0 saturated carbocycles. The van der Waals surface area contributed by atoms with Gasteiger partial charge in [-0.15, -0.1) is 0 Å². The molecule has 10 heteroatoms. The van der Waals surface area contributed by atoms with E-state index in [9.17, 15) is 19.5 Å². The zero-order valence-corrected chi connectivity index (χ0v) is 21.9. The number of halogens is 1. The van der Waals surface area contributed by atoms with Crippen molar-refractivity contribution in [3.05, 3.63) is 70.2 Å². The van der Waals surface area contributed by atoms with Crippen molar-refractivity contribution in [1.82, 2.24) is 10.2 Å². The second-order valence-corrected chi connectivity index (χ2v) is 10.1. The first-order valence-corrected chi connectivity index (χ1v) is 12.9. The van der Waals surface area contributed by atoms with E-state index in [0.717, 1.165) is 15.8 Å². The molecule has 2 heterocycles. The molecule has 4 N–H and O–H groups in total. The van der Waals surface area contributed by atoms with Gasteiger partial charge in [0.25, 0.3) is 0 Å². The first kappa shape index (κ1) is 26.7. The summed E-state index contributed by atoms with van der Waals surface area (Å²) >= 11 is 3.39. The van der Waals surface area contributed by atoms with Gasteiger partial charge in [0.1, 0.15) is 24.7 Å². The molecule has 4 rings (SSSR count). The first-order valence-electron chi connectivity index (χ1n) is 12.1. The Kier molecular flexibility index (Phi) is 8.50. The predicted molar refractivity (Wildman–Crippen MR) is 140 cm³/mol. The Morgan fingerprint density at radius 3 is 2.24 bits per heavy atom. The Hall–Kier alpha value is -3.37. The Morgan fingerprint density at radius 2 is 1.65 bits per heavy atom. The van der Waals surface area contributed by atoms with E-state index in [-0.39, 0.29) is 30.9 Å². The fourth-order valence-electron chi connectivity index (χ4n) is 4.77. The normalized spacial score (nSPS) is 20.6. The minimum absolute atomic E-state index is 0.116. The van der Waals surface area contributed by atoms with E-state index < -0.39 is 23.5 Å². The number of nitrogens with zero attached hydrogens (tertiary/aromatic N) is 1. The van der Waals surface area contributed by atoms with Gasteiger partial charge in [0, 0.05) is 30.4 Å². The molecule has 1 unspecified atom stereocenters. The van der Waals surface area contributed by atoms with Crippen LogP contribution >= 0.6 is 15.9 Å². The summed E-state index contributed by atoms with van der Waals surface area (Å²) in [7, 11) is 0. The number of rotatable bonds is 11. The second-order valence-electron chi connectivity index (χ2n) is 9.22.